The van der Waals surface area contributed by atoms with Gasteiger partial charge in [0.25, 0.3) is 0 Å². The lowest BCUT2D eigenvalue weighted by Crippen LogP contribution is -2.22. The largest absolute Gasteiger partial charge is 0.525 e. The van der Waals surface area contributed by atoms with Crippen molar-refractivity contribution in [2.45, 2.75) is 19.1 Å². The maximum absolute atomic E-state index is 6.47. The van der Waals surface area contributed by atoms with Crippen LogP contribution < -0.4 is 47.4 Å². The topological polar surface area (TPSA) is 111 Å². The molecule has 0 radical (unpaired) electrons. The van der Waals surface area contributed by atoms with Gasteiger partial charge in [-0.1, -0.05) is 4.91 Å². The maximum Gasteiger partial charge on any atom is 0.181 e. The molecule has 0 aliphatic carbocycles. The third kappa shape index (κ3) is 5.12. The smallest absolute Gasteiger partial charge is 0.181 e. The van der Waals surface area contributed by atoms with Crippen LogP contribution in [-0.4, -0.2) is 79.3 Å². The van der Waals surface area contributed by atoms with E-state index in [1.807, 2.05) is 0 Å². The molecule has 0 N–H and O–H groups in total. The highest BCUT2D eigenvalue weighted by Crippen LogP contribution is 2.69. The molecule has 7 aliphatic heterocycles. The summed E-state index contributed by atoms with van der Waals surface area (Å²) in [6, 6.07) is 0. The number of fused-ring (bicyclic) bond motifs is 6. The van der Waals surface area contributed by atoms with E-state index in [1.54, 1.807) is 68.4 Å². The normalized spacial score (nSPS) is 20.2. The van der Waals surface area contributed by atoms with Gasteiger partial charge in [-0.25, -0.2) is 11.8 Å². The number of rotatable bonds is 5. The van der Waals surface area contributed by atoms with Crippen LogP contribution in [0.25, 0.3) is 34.2 Å². The maximum atomic E-state index is 6.47. The molecular formula is C38H31O12S6-. The average molecular weight is 872 g/mol. The van der Waals surface area contributed by atoms with Gasteiger partial charge >= 0.3 is 0 Å². The quantitative estimate of drug-likeness (QED) is 0.157. The molecule has 56 heavy (non-hydrogen) atoms. The Hall–Kier alpha value is -3.78. The molecule has 1 fully saturated rings. The van der Waals surface area contributed by atoms with Crippen molar-refractivity contribution in [2.75, 3.05) is 79.3 Å². The first-order valence-electron chi connectivity index (χ1n) is 18.2. The molecule has 12 rings (SSSR count). The molecule has 5 aromatic rings. The van der Waals surface area contributed by atoms with Crippen LogP contribution in [0.4, 0.5) is 0 Å². The van der Waals surface area contributed by atoms with Crippen LogP contribution in [0.15, 0.2) is 5.76 Å². The van der Waals surface area contributed by atoms with Gasteiger partial charge in [0.1, 0.15) is 72.7 Å². The van der Waals surface area contributed by atoms with Crippen molar-refractivity contribution in [3.05, 3.63) is 31.4 Å². The lowest BCUT2D eigenvalue weighted by molar-refractivity contribution is 0.0182. The highest BCUT2D eigenvalue weighted by Gasteiger charge is 2.41. The van der Waals surface area contributed by atoms with E-state index in [0.29, 0.717) is 114 Å². The number of hydrogen-bond donors (Lipinski definition) is 0. The molecule has 0 aromatic carbocycles. The first-order chi connectivity index (χ1) is 27.6. The van der Waals surface area contributed by atoms with Crippen molar-refractivity contribution in [1.29, 1.82) is 0 Å². The lowest BCUT2D eigenvalue weighted by Gasteiger charge is -2.35. The molecule has 0 spiro atoms. The fraction of sp³-hybridized carbons (Fsp3) is 0.395. The van der Waals surface area contributed by atoms with Gasteiger partial charge in [0.15, 0.2) is 57.5 Å². The Morgan fingerprint density at radius 2 is 0.732 bits per heavy atom. The summed E-state index contributed by atoms with van der Waals surface area (Å²) in [7, 11) is 0. The van der Waals surface area contributed by atoms with E-state index < -0.39 is 0 Å². The second-order valence-corrected chi connectivity index (χ2v) is 19.9. The number of aryl methyl sites for hydroxylation is 2. The summed E-state index contributed by atoms with van der Waals surface area (Å²) in [6.45, 7) is 9.71. The molecule has 1 atom stereocenters. The molecule has 12 heterocycles. The standard InChI is InChI=1S/C38H31O12S6/c1-15-17-19(41-5-3-39-17)29(51-15)31-21-23(45-9-7-43-21)33(53-31)35-25-27(49-13-11-47-25)37(55-35)38-28-26(48-12-14-50-28)36(56-38)34-24-22(44-8-10-46-24)32(54-34)30-20-18(16(2)52-30)40-4-6-42-20/h31H,3-14H2,1-2H3/q-1. The zero-order valence-electron chi connectivity index (χ0n) is 29.9. The summed E-state index contributed by atoms with van der Waals surface area (Å²) in [4.78, 5) is 10.6. The summed E-state index contributed by atoms with van der Waals surface area (Å²) in [5.74, 6) is 8.06. The summed E-state index contributed by atoms with van der Waals surface area (Å²) >= 11 is 9.83. The molecule has 7 aliphatic rings. The number of ether oxygens (including phenoxy) is 12. The van der Waals surface area contributed by atoms with E-state index in [2.05, 4.69) is 13.8 Å². The minimum Gasteiger partial charge on any atom is -0.525 e. The summed E-state index contributed by atoms with van der Waals surface area (Å²) in [6.07, 6.45) is 0.794. The fourth-order valence-electron chi connectivity index (χ4n) is 7.64. The monoisotopic (exact) mass is 871 g/mol. The molecule has 18 heteroatoms. The molecule has 1 saturated heterocycles. The molecule has 0 bridgehead atoms. The average Bonchev–Trinajstić information content (AvgIpc) is 4.10. The molecule has 5 aromatic heterocycles. The van der Waals surface area contributed by atoms with E-state index in [9.17, 15) is 0 Å². The van der Waals surface area contributed by atoms with Crippen LogP contribution in [0, 0.1) is 20.0 Å². The molecule has 0 amide bonds. The molecule has 292 valence electrons. The molecule has 0 saturated carbocycles. The third-order valence-electron chi connectivity index (χ3n) is 9.90. The third-order valence-corrected chi connectivity index (χ3v) is 17.7. The van der Waals surface area contributed by atoms with Gasteiger partial charge in [0.05, 0.1) is 40.7 Å². The summed E-state index contributed by atoms with van der Waals surface area (Å²) in [5.41, 5.74) is 0. The second-order valence-electron chi connectivity index (χ2n) is 13.3. The van der Waals surface area contributed by atoms with Crippen molar-refractivity contribution >= 4 is 73.4 Å². The van der Waals surface area contributed by atoms with Gasteiger partial charge in [-0.05, 0) is 20.0 Å². The van der Waals surface area contributed by atoms with Crippen LogP contribution >= 0.6 is 68.4 Å². The van der Waals surface area contributed by atoms with E-state index >= 15 is 0 Å². The Morgan fingerprint density at radius 3 is 1.25 bits per heavy atom. The second kappa shape index (κ2) is 13.4. The van der Waals surface area contributed by atoms with Crippen molar-refractivity contribution in [3.8, 4) is 86.8 Å². The van der Waals surface area contributed by atoms with Crippen LogP contribution in [0.5, 0.6) is 57.5 Å². The van der Waals surface area contributed by atoms with E-state index in [4.69, 9.17) is 56.8 Å². The SMILES string of the molecule is Cc1sc(-c2sc(-c3sc(-c4sc(C5=C6OCCO[C-]6C(c6sc(C)c7c6OCCO7)S5)c5c4OCCO5)c4c3OCCO4)c3c2OCCO3)c2c1OCCO2. The van der Waals surface area contributed by atoms with Gasteiger partial charge in [-0.2, -0.15) is 0 Å². The van der Waals surface area contributed by atoms with Gasteiger partial charge in [0.2, 0.25) is 0 Å². The van der Waals surface area contributed by atoms with Crippen molar-refractivity contribution in [3.63, 3.8) is 0 Å². The van der Waals surface area contributed by atoms with Crippen LogP contribution in [0.1, 0.15) is 24.8 Å². The van der Waals surface area contributed by atoms with Gasteiger partial charge in [-0.15, -0.1) is 56.7 Å². The predicted molar refractivity (Wildman–Crippen MR) is 215 cm³/mol. The Labute approximate surface area is 344 Å². The Balaban J connectivity index is 0.988. The molecule has 1 unspecified atom stereocenters. The first kappa shape index (κ1) is 34.3. The Kier molecular flexibility index (Phi) is 8.20. The minimum atomic E-state index is -0.158. The Morgan fingerprint density at radius 1 is 0.375 bits per heavy atom. The van der Waals surface area contributed by atoms with E-state index in [-0.39, 0.29) is 5.25 Å². The fourth-order valence-corrected chi connectivity index (χ4v) is 15.4. The first-order valence-corrected chi connectivity index (χ1v) is 23.2. The predicted octanol–water partition coefficient (Wildman–Crippen LogP) is 9.20. The number of thiophene rings is 5. The van der Waals surface area contributed by atoms with Crippen molar-refractivity contribution in [1.82, 2.24) is 0 Å². The Bertz CT molecular complexity index is 2450. The van der Waals surface area contributed by atoms with Crippen molar-refractivity contribution in [2.24, 2.45) is 0 Å². The number of hydrogen-bond acceptors (Lipinski definition) is 18. The van der Waals surface area contributed by atoms with Crippen LogP contribution in [0.3, 0.4) is 0 Å². The zero-order valence-corrected chi connectivity index (χ0v) is 34.8. The van der Waals surface area contributed by atoms with Gasteiger partial charge in [-0.3, -0.25) is 0 Å². The van der Waals surface area contributed by atoms with Gasteiger partial charge < -0.3 is 56.8 Å². The van der Waals surface area contributed by atoms with Gasteiger partial charge in [0, 0.05) is 25.6 Å². The summed E-state index contributed by atoms with van der Waals surface area (Å²) < 4.78 is 75.8. The highest BCUT2D eigenvalue weighted by atomic mass is 32.2. The number of thioether (sulfide) groups is 1. The molecule has 12 nitrogen and oxygen atoms in total. The summed E-state index contributed by atoms with van der Waals surface area (Å²) in [5, 5.41) is -0.158. The zero-order chi connectivity index (χ0) is 37.1. The lowest BCUT2D eigenvalue weighted by atomic mass is 10.1. The van der Waals surface area contributed by atoms with E-state index in [1.165, 1.54) is 0 Å². The van der Waals surface area contributed by atoms with Crippen LogP contribution in [-0.2, 0) is 9.47 Å². The van der Waals surface area contributed by atoms with Crippen molar-refractivity contribution < 1.29 is 56.8 Å². The van der Waals surface area contributed by atoms with E-state index in [0.717, 1.165) is 88.5 Å². The van der Waals surface area contributed by atoms with Crippen LogP contribution in [0.2, 0.25) is 0 Å². The molecular weight excluding hydrogens is 841 g/mol. The highest BCUT2D eigenvalue weighted by molar-refractivity contribution is 8.09. The minimum absolute atomic E-state index is 0.158.